The van der Waals surface area contributed by atoms with E-state index in [0.29, 0.717) is 11.2 Å². The lowest BCUT2D eigenvalue weighted by atomic mass is 10.2. The molecule has 0 amide bonds. The Kier molecular flexibility index (Phi) is 4.97. The Labute approximate surface area is 96.2 Å². The summed E-state index contributed by atoms with van der Waals surface area (Å²) in [7, 11) is 0. The first-order chi connectivity index (χ1) is 6.38. The molecule has 1 aromatic carbocycles. The summed E-state index contributed by atoms with van der Waals surface area (Å²) in [6, 6.07) is 7.78. The first kappa shape index (κ1) is 10.6. The number of rotatable bonds is 4. The van der Waals surface area contributed by atoms with Crippen LogP contribution < -0.4 is 4.74 Å². The lowest BCUT2D eigenvalue weighted by molar-refractivity contribution is 0.400. The zero-order valence-corrected chi connectivity index (χ0v) is 9.84. The number of halogens is 1. The van der Waals surface area contributed by atoms with Crippen molar-refractivity contribution in [3.05, 3.63) is 29.8 Å². The summed E-state index contributed by atoms with van der Waals surface area (Å²) in [6.07, 6.45) is 0. The van der Waals surface area contributed by atoms with Crippen LogP contribution in [-0.2, 0) is 6.54 Å². The first-order valence-corrected chi connectivity index (χ1v) is 5.62. The number of aliphatic imine (C=N–C) groups is 1. The minimum atomic E-state index is 0.538. The molecule has 68 valence electrons. The molecule has 0 aliphatic carbocycles. The van der Waals surface area contributed by atoms with Crippen LogP contribution in [0.15, 0.2) is 29.3 Å². The van der Waals surface area contributed by atoms with E-state index in [9.17, 15) is 0 Å². The molecule has 2 nitrogen and oxygen atoms in total. The highest BCUT2D eigenvalue weighted by atomic mass is 127. The summed E-state index contributed by atoms with van der Waals surface area (Å²) in [5.41, 5.74) is 1.04. The molecule has 0 unspecified atom stereocenters. The van der Waals surface area contributed by atoms with Gasteiger partial charge in [0.2, 0.25) is 0 Å². The third-order valence-corrected chi connectivity index (χ3v) is 1.94. The lowest BCUT2D eigenvalue weighted by Crippen LogP contribution is -1.93. The van der Waals surface area contributed by atoms with Gasteiger partial charge in [-0.25, -0.2) is 4.99 Å². The maximum Gasteiger partial charge on any atom is 0.139 e. The first-order valence-electron chi connectivity index (χ1n) is 3.68. The van der Waals surface area contributed by atoms with Crippen molar-refractivity contribution in [2.45, 2.75) is 6.54 Å². The average Bonchev–Trinajstić information content (AvgIpc) is 2.17. The molecule has 0 aliphatic rings. The Morgan fingerprint density at radius 2 is 2.23 bits per heavy atom. The number of thiocarbonyl (C=S) groups is 1. The van der Waals surface area contributed by atoms with E-state index in [0.717, 1.165) is 11.3 Å². The van der Waals surface area contributed by atoms with E-state index in [1.807, 2.05) is 24.3 Å². The minimum absolute atomic E-state index is 0.538. The van der Waals surface area contributed by atoms with E-state index < -0.39 is 0 Å². The van der Waals surface area contributed by atoms with E-state index in [2.05, 4.69) is 45.0 Å². The van der Waals surface area contributed by atoms with Crippen LogP contribution in [0.3, 0.4) is 0 Å². The zero-order chi connectivity index (χ0) is 9.52. The van der Waals surface area contributed by atoms with Crippen molar-refractivity contribution in [1.29, 1.82) is 0 Å². The van der Waals surface area contributed by atoms with Gasteiger partial charge >= 0.3 is 0 Å². The second-order valence-electron chi connectivity index (χ2n) is 2.27. The van der Waals surface area contributed by atoms with Gasteiger partial charge in [-0.15, -0.1) is 0 Å². The number of hydrogen-bond donors (Lipinski definition) is 0. The second kappa shape index (κ2) is 6.07. The predicted molar refractivity (Wildman–Crippen MR) is 64.7 cm³/mol. The van der Waals surface area contributed by atoms with Gasteiger partial charge in [-0.2, -0.15) is 0 Å². The van der Waals surface area contributed by atoms with Crippen LogP contribution in [0.5, 0.6) is 5.75 Å². The number of alkyl halides is 1. The van der Waals surface area contributed by atoms with Crippen LogP contribution in [0.1, 0.15) is 5.56 Å². The maximum absolute atomic E-state index is 5.40. The number of para-hydroxylation sites is 1. The van der Waals surface area contributed by atoms with Gasteiger partial charge in [-0.05, 0) is 40.9 Å². The topological polar surface area (TPSA) is 21.6 Å². The van der Waals surface area contributed by atoms with Gasteiger partial charge in [0.25, 0.3) is 0 Å². The largest absolute Gasteiger partial charge is 0.483 e. The summed E-state index contributed by atoms with van der Waals surface area (Å²) in [5, 5.41) is 2.34. The molecule has 0 atom stereocenters. The van der Waals surface area contributed by atoms with Crippen LogP contribution in [0.4, 0.5) is 0 Å². The van der Waals surface area contributed by atoms with Crippen molar-refractivity contribution < 1.29 is 4.74 Å². The monoisotopic (exact) mass is 305 g/mol. The highest BCUT2D eigenvalue weighted by Gasteiger charge is 1.99. The van der Waals surface area contributed by atoms with Crippen molar-refractivity contribution in [3.8, 4) is 5.75 Å². The van der Waals surface area contributed by atoms with Gasteiger partial charge in [-0.1, -0.05) is 18.2 Å². The van der Waals surface area contributed by atoms with Gasteiger partial charge in [0, 0.05) is 5.56 Å². The molecule has 0 saturated carbocycles. The van der Waals surface area contributed by atoms with Crippen LogP contribution in [-0.4, -0.2) is 9.77 Å². The summed E-state index contributed by atoms with van der Waals surface area (Å²) in [5.74, 6) is 0.867. The fourth-order valence-electron chi connectivity index (χ4n) is 0.951. The molecule has 0 aromatic heterocycles. The van der Waals surface area contributed by atoms with Gasteiger partial charge in [-0.3, -0.25) is 0 Å². The number of hydrogen-bond acceptors (Lipinski definition) is 3. The van der Waals surface area contributed by atoms with Crippen LogP contribution >= 0.6 is 34.8 Å². The smallest absolute Gasteiger partial charge is 0.139 e. The molecule has 0 spiro atoms. The van der Waals surface area contributed by atoms with Gasteiger partial charge in [0.1, 0.15) is 10.4 Å². The van der Waals surface area contributed by atoms with Crippen LogP contribution in [0.2, 0.25) is 0 Å². The molecule has 0 bridgehead atoms. The Balaban J connectivity index is 2.83. The molecule has 0 aliphatic heterocycles. The third-order valence-electron chi connectivity index (χ3n) is 1.50. The normalized spacial score (nSPS) is 9.00. The van der Waals surface area contributed by atoms with Crippen LogP contribution in [0.25, 0.3) is 0 Å². The number of nitrogens with zero attached hydrogens (tertiary/aromatic N) is 1. The highest BCUT2D eigenvalue weighted by Crippen LogP contribution is 2.19. The number of ether oxygens (including phenoxy) is 1. The fourth-order valence-corrected chi connectivity index (χ4v) is 1.35. The molecule has 4 heteroatoms. The number of isothiocyanates is 1. The fraction of sp³-hybridized carbons (Fsp3) is 0.222. The van der Waals surface area contributed by atoms with Crippen molar-refractivity contribution >= 4 is 40.0 Å². The Morgan fingerprint density at radius 1 is 1.46 bits per heavy atom. The molecule has 1 aromatic rings. The SMILES string of the molecule is S=C=NCc1ccccc1OCI. The van der Waals surface area contributed by atoms with E-state index in [1.165, 1.54) is 0 Å². The second-order valence-corrected chi connectivity index (χ2v) is 3.07. The molecular weight excluding hydrogens is 297 g/mol. The Bertz CT molecular complexity index is 323. The highest BCUT2D eigenvalue weighted by molar-refractivity contribution is 14.1. The van der Waals surface area contributed by atoms with Gasteiger partial charge < -0.3 is 4.74 Å². The zero-order valence-electron chi connectivity index (χ0n) is 6.87. The molecule has 13 heavy (non-hydrogen) atoms. The Morgan fingerprint density at radius 3 is 2.92 bits per heavy atom. The summed E-state index contributed by atoms with van der Waals surface area (Å²) >= 11 is 6.66. The molecule has 1 rings (SSSR count). The van der Waals surface area contributed by atoms with E-state index in [1.54, 1.807) is 0 Å². The van der Waals surface area contributed by atoms with Crippen molar-refractivity contribution in [3.63, 3.8) is 0 Å². The van der Waals surface area contributed by atoms with Crippen molar-refractivity contribution in [2.24, 2.45) is 4.99 Å². The standard InChI is InChI=1S/C9H8INOS/c10-6-12-9-4-2-1-3-8(9)5-11-7-13/h1-4H,5-6H2. The summed E-state index contributed by atoms with van der Waals surface area (Å²) in [6.45, 7) is 0.538. The van der Waals surface area contributed by atoms with Crippen LogP contribution in [0, 0.1) is 0 Å². The third kappa shape index (κ3) is 3.42. The van der Waals surface area contributed by atoms with Crippen molar-refractivity contribution in [2.75, 3.05) is 4.61 Å². The lowest BCUT2D eigenvalue weighted by Gasteiger charge is -2.05. The molecule has 0 saturated heterocycles. The molecule has 0 N–H and O–H groups in total. The van der Waals surface area contributed by atoms with E-state index in [-0.39, 0.29) is 0 Å². The number of benzene rings is 1. The van der Waals surface area contributed by atoms with Crippen molar-refractivity contribution in [1.82, 2.24) is 0 Å². The quantitative estimate of drug-likeness (QED) is 0.369. The molecule has 0 radical (unpaired) electrons. The summed E-state index contributed by atoms with van der Waals surface area (Å²) in [4.78, 5) is 3.87. The molecule has 0 heterocycles. The maximum atomic E-state index is 5.40. The minimum Gasteiger partial charge on any atom is -0.483 e. The van der Waals surface area contributed by atoms with Gasteiger partial charge in [0.05, 0.1) is 11.7 Å². The van der Waals surface area contributed by atoms with E-state index in [4.69, 9.17) is 4.74 Å². The predicted octanol–water partition coefficient (Wildman–Crippen LogP) is 3.06. The Hall–Kier alpha value is -0.450. The van der Waals surface area contributed by atoms with Gasteiger partial charge in [0.15, 0.2) is 0 Å². The average molecular weight is 305 g/mol. The molecule has 0 fully saturated rings. The summed E-state index contributed by atoms with van der Waals surface area (Å²) < 4.78 is 6.03. The molecular formula is C9H8INOS. The van der Waals surface area contributed by atoms with E-state index >= 15 is 0 Å².